The second-order valence-corrected chi connectivity index (χ2v) is 8.38. The second-order valence-electron chi connectivity index (χ2n) is 8.38. The van der Waals surface area contributed by atoms with Crippen molar-refractivity contribution in [3.05, 3.63) is 48.3 Å². The molecule has 29 heavy (non-hydrogen) atoms. The SMILES string of the molecule is Cc1cc(-c2ccnc3ccn(C)c23)ccc1OCC(C)(CC(C)C)NC(=O)O. The number of hydrogen-bond donors (Lipinski definition) is 2. The summed E-state index contributed by atoms with van der Waals surface area (Å²) >= 11 is 0. The molecular weight excluding hydrogens is 366 g/mol. The molecule has 1 unspecified atom stereocenters. The molecule has 0 saturated carbocycles. The van der Waals surface area contributed by atoms with Gasteiger partial charge in [-0.1, -0.05) is 19.9 Å². The summed E-state index contributed by atoms with van der Waals surface area (Å²) in [6, 6.07) is 10.1. The zero-order chi connectivity index (χ0) is 21.2. The molecule has 1 aromatic carbocycles. The van der Waals surface area contributed by atoms with Gasteiger partial charge < -0.3 is 19.7 Å². The van der Waals surface area contributed by atoms with E-state index in [0.717, 1.165) is 33.5 Å². The fourth-order valence-corrected chi connectivity index (χ4v) is 3.97. The molecule has 0 saturated heterocycles. The fraction of sp³-hybridized carbons (Fsp3) is 0.391. The lowest BCUT2D eigenvalue weighted by Gasteiger charge is -2.31. The number of fused-ring (bicyclic) bond motifs is 1. The molecule has 3 rings (SSSR count). The van der Waals surface area contributed by atoms with Crippen LogP contribution in [-0.4, -0.2) is 32.9 Å². The molecule has 3 aromatic rings. The zero-order valence-electron chi connectivity index (χ0n) is 17.7. The quantitative estimate of drug-likeness (QED) is 0.590. The maximum atomic E-state index is 11.2. The lowest BCUT2D eigenvalue weighted by Crippen LogP contribution is -2.50. The third-order valence-corrected chi connectivity index (χ3v) is 5.06. The Morgan fingerprint density at radius 1 is 1.31 bits per heavy atom. The number of rotatable bonds is 7. The van der Waals surface area contributed by atoms with Gasteiger partial charge in [0.25, 0.3) is 0 Å². The minimum absolute atomic E-state index is 0.273. The number of carbonyl (C=O) groups is 1. The third-order valence-electron chi connectivity index (χ3n) is 5.06. The normalized spacial score (nSPS) is 13.4. The van der Waals surface area contributed by atoms with Crippen molar-refractivity contribution in [3.63, 3.8) is 0 Å². The first-order valence-electron chi connectivity index (χ1n) is 9.83. The number of ether oxygens (including phenoxy) is 1. The Labute approximate surface area is 171 Å². The molecular formula is C23H29N3O3. The highest BCUT2D eigenvalue weighted by atomic mass is 16.5. The van der Waals surface area contributed by atoms with Gasteiger partial charge in [-0.25, -0.2) is 4.79 Å². The molecule has 0 bridgehead atoms. The standard InChI is InChI=1S/C23H29N3O3/c1-15(2)13-23(4,25-22(27)28)14-29-20-7-6-17(12-16(20)3)18-8-10-24-19-9-11-26(5)21(18)19/h6-12,15,25H,13-14H2,1-5H3,(H,27,28). The van der Waals surface area contributed by atoms with E-state index in [4.69, 9.17) is 4.74 Å². The number of nitrogens with zero attached hydrogens (tertiary/aromatic N) is 2. The molecule has 6 heteroatoms. The highest BCUT2D eigenvalue weighted by Gasteiger charge is 2.28. The Bertz CT molecular complexity index is 1030. The highest BCUT2D eigenvalue weighted by Crippen LogP contribution is 2.31. The molecule has 0 radical (unpaired) electrons. The van der Waals surface area contributed by atoms with Crippen molar-refractivity contribution in [2.75, 3.05) is 6.61 Å². The van der Waals surface area contributed by atoms with Crippen LogP contribution in [0.2, 0.25) is 0 Å². The Morgan fingerprint density at radius 2 is 2.07 bits per heavy atom. The average Bonchev–Trinajstić information content (AvgIpc) is 3.00. The van der Waals surface area contributed by atoms with Gasteiger partial charge in [0.2, 0.25) is 0 Å². The Kier molecular flexibility index (Phi) is 5.82. The van der Waals surface area contributed by atoms with Crippen LogP contribution in [0.1, 0.15) is 32.8 Å². The summed E-state index contributed by atoms with van der Waals surface area (Å²) in [4.78, 5) is 15.6. The van der Waals surface area contributed by atoms with E-state index in [-0.39, 0.29) is 6.61 Å². The summed E-state index contributed by atoms with van der Waals surface area (Å²) in [5.41, 5.74) is 4.63. The van der Waals surface area contributed by atoms with Crippen molar-refractivity contribution in [2.45, 2.75) is 39.7 Å². The van der Waals surface area contributed by atoms with E-state index in [1.54, 1.807) is 0 Å². The lowest BCUT2D eigenvalue weighted by atomic mass is 9.91. The van der Waals surface area contributed by atoms with E-state index in [1.807, 2.05) is 57.6 Å². The topological polar surface area (TPSA) is 76.4 Å². The van der Waals surface area contributed by atoms with Crippen LogP contribution in [0.25, 0.3) is 22.2 Å². The molecule has 1 amide bonds. The van der Waals surface area contributed by atoms with Crippen LogP contribution in [0, 0.1) is 12.8 Å². The fourth-order valence-electron chi connectivity index (χ4n) is 3.97. The molecule has 0 fully saturated rings. The Morgan fingerprint density at radius 3 is 2.72 bits per heavy atom. The smallest absolute Gasteiger partial charge is 0.405 e. The largest absolute Gasteiger partial charge is 0.491 e. The summed E-state index contributed by atoms with van der Waals surface area (Å²) in [6.45, 7) is 8.30. The van der Waals surface area contributed by atoms with Crippen LogP contribution in [-0.2, 0) is 7.05 Å². The van der Waals surface area contributed by atoms with Crippen molar-refractivity contribution >= 4 is 17.1 Å². The molecule has 2 heterocycles. The van der Waals surface area contributed by atoms with Crippen molar-refractivity contribution < 1.29 is 14.6 Å². The van der Waals surface area contributed by atoms with Gasteiger partial charge in [0.15, 0.2) is 0 Å². The number of amides is 1. The molecule has 0 aliphatic rings. The number of hydrogen-bond acceptors (Lipinski definition) is 3. The summed E-state index contributed by atoms with van der Waals surface area (Å²) in [5.74, 6) is 1.10. The van der Waals surface area contributed by atoms with Crippen LogP contribution >= 0.6 is 0 Å². The summed E-state index contributed by atoms with van der Waals surface area (Å²) in [6.07, 6.45) is 3.50. The second kappa shape index (κ2) is 8.15. The minimum Gasteiger partial charge on any atom is -0.491 e. The van der Waals surface area contributed by atoms with Crippen molar-refractivity contribution in [1.82, 2.24) is 14.9 Å². The number of aromatic nitrogens is 2. The predicted octanol–water partition coefficient (Wildman–Crippen LogP) is 5.00. The number of aryl methyl sites for hydroxylation is 2. The average molecular weight is 396 g/mol. The number of pyridine rings is 1. The van der Waals surface area contributed by atoms with E-state index in [0.29, 0.717) is 12.3 Å². The van der Waals surface area contributed by atoms with Gasteiger partial charge in [-0.2, -0.15) is 0 Å². The van der Waals surface area contributed by atoms with E-state index in [2.05, 4.69) is 34.8 Å². The first-order valence-corrected chi connectivity index (χ1v) is 9.83. The molecule has 0 spiro atoms. The van der Waals surface area contributed by atoms with Gasteiger partial charge >= 0.3 is 6.09 Å². The molecule has 0 aliphatic carbocycles. The van der Waals surface area contributed by atoms with E-state index < -0.39 is 11.6 Å². The van der Waals surface area contributed by atoms with Crippen LogP contribution in [0.15, 0.2) is 42.7 Å². The number of nitrogens with one attached hydrogen (secondary N) is 1. The molecule has 154 valence electrons. The summed E-state index contributed by atoms with van der Waals surface area (Å²) in [5, 5.41) is 11.8. The number of benzene rings is 1. The maximum absolute atomic E-state index is 11.2. The van der Waals surface area contributed by atoms with Crippen LogP contribution in [0.3, 0.4) is 0 Å². The minimum atomic E-state index is -1.03. The Balaban J connectivity index is 1.84. The molecule has 0 aliphatic heterocycles. The van der Waals surface area contributed by atoms with Crippen LogP contribution in [0.4, 0.5) is 4.79 Å². The lowest BCUT2D eigenvalue weighted by molar-refractivity contribution is 0.143. The molecule has 1 atom stereocenters. The van der Waals surface area contributed by atoms with Gasteiger partial charge in [0, 0.05) is 25.0 Å². The number of carboxylic acid groups (broad SMARTS) is 1. The molecule has 2 aromatic heterocycles. The summed E-state index contributed by atoms with van der Waals surface area (Å²) < 4.78 is 8.12. The third kappa shape index (κ3) is 4.70. The van der Waals surface area contributed by atoms with E-state index in [1.165, 1.54) is 0 Å². The molecule has 2 N–H and O–H groups in total. The van der Waals surface area contributed by atoms with Crippen LogP contribution in [0.5, 0.6) is 5.75 Å². The Hall–Kier alpha value is -3.02. The van der Waals surface area contributed by atoms with Crippen LogP contribution < -0.4 is 10.1 Å². The monoisotopic (exact) mass is 395 g/mol. The zero-order valence-corrected chi connectivity index (χ0v) is 17.7. The molecule has 6 nitrogen and oxygen atoms in total. The van der Waals surface area contributed by atoms with E-state index in [9.17, 15) is 9.90 Å². The van der Waals surface area contributed by atoms with Gasteiger partial charge in [-0.05, 0) is 61.6 Å². The van der Waals surface area contributed by atoms with Crippen molar-refractivity contribution in [3.8, 4) is 16.9 Å². The first kappa shape index (κ1) is 20.7. The van der Waals surface area contributed by atoms with Gasteiger partial charge in [0.05, 0.1) is 16.6 Å². The maximum Gasteiger partial charge on any atom is 0.405 e. The van der Waals surface area contributed by atoms with Gasteiger partial charge in [-0.15, -0.1) is 0 Å². The van der Waals surface area contributed by atoms with Gasteiger partial charge in [-0.3, -0.25) is 4.98 Å². The predicted molar refractivity (Wildman–Crippen MR) is 115 cm³/mol. The first-order chi connectivity index (χ1) is 13.7. The van der Waals surface area contributed by atoms with Gasteiger partial charge in [0.1, 0.15) is 12.4 Å². The van der Waals surface area contributed by atoms with E-state index >= 15 is 0 Å². The van der Waals surface area contributed by atoms with Crippen molar-refractivity contribution in [2.24, 2.45) is 13.0 Å². The summed E-state index contributed by atoms with van der Waals surface area (Å²) in [7, 11) is 2.02. The highest BCUT2D eigenvalue weighted by molar-refractivity contribution is 5.92. The van der Waals surface area contributed by atoms with Crippen molar-refractivity contribution in [1.29, 1.82) is 0 Å².